The molecular formula is C21H29IN4O4. The molecule has 0 aliphatic heterocycles. The molecule has 164 valence electrons. The van der Waals surface area contributed by atoms with E-state index in [1.165, 1.54) is 6.07 Å². The fourth-order valence-electron chi connectivity index (χ4n) is 2.69. The second kappa shape index (κ2) is 13.8. The number of nitro groups is 1. The van der Waals surface area contributed by atoms with Crippen molar-refractivity contribution < 1.29 is 14.4 Å². The number of nitrogens with one attached hydrogen (secondary N) is 2. The summed E-state index contributed by atoms with van der Waals surface area (Å²) in [6, 6.07) is 12.7. The first-order valence-electron chi connectivity index (χ1n) is 9.51. The number of para-hydroxylation sites is 1. The third kappa shape index (κ3) is 8.15. The van der Waals surface area contributed by atoms with Gasteiger partial charge in [-0.3, -0.25) is 10.1 Å². The van der Waals surface area contributed by atoms with Crippen LogP contribution in [0.4, 0.5) is 5.69 Å². The van der Waals surface area contributed by atoms with Crippen LogP contribution < -0.4 is 15.4 Å². The molecule has 2 N–H and O–H groups in total. The van der Waals surface area contributed by atoms with Gasteiger partial charge in [-0.15, -0.1) is 24.0 Å². The summed E-state index contributed by atoms with van der Waals surface area (Å²) in [5, 5.41) is 17.5. The summed E-state index contributed by atoms with van der Waals surface area (Å²) < 4.78 is 10.9. The average Bonchev–Trinajstić information content (AvgIpc) is 2.71. The summed E-state index contributed by atoms with van der Waals surface area (Å²) in [6.07, 6.45) is 0. The summed E-state index contributed by atoms with van der Waals surface area (Å²) in [5.74, 6) is 1.36. The van der Waals surface area contributed by atoms with Gasteiger partial charge in [0.05, 0.1) is 18.1 Å². The number of benzene rings is 2. The SMILES string of the molecule is CCNC(=NCc1ccc(C)cc1OCCOC)NCc1ccccc1[N+](=O)[O-].I. The maximum absolute atomic E-state index is 11.2. The lowest BCUT2D eigenvalue weighted by molar-refractivity contribution is -0.385. The Hall–Kier alpha value is -2.40. The lowest BCUT2D eigenvalue weighted by Gasteiger charge is -2.14. The Balaban J connectivity index is 0.00000450. The maximum Gasteiger partial charge on any atom is 0.274 e. The Labute approximate surface area is 194 Å². The Morgan fingerprint density at radius 1 is 1.13 bits per heavy atom. The minimum Gasteiger partial charge on any atom is -0.491 e. The van der Waals surface area contributed by atoms with Crippen molar-refractivity contribution in [2.75, 3.05) is 26.9 Å². The summed E-state index contributed by atoms with van der Waals surface area (Å²) >= 11 is 0. The molecule has 0 heterocycles. The predicted octanol–water partition coefficient (Wildman–Crippen LogP) is 3.80. The first kappa shape index (κ1) is 25.6. The molecule has 0 atom stereocenters. The lowest BCUT2D eigenvalue weighted by Crippen LogP contribution is -2.36. The van der Waals surface area contributed by atoms with Gasteiger partial charge in [-0.1, -0.05) is 30.3 Å². The molecule has 8 nitrogen and oxygen atoms in total. The van der Waals surface area contributed by atoms with Crippen LogP contribution in [0.5, 0.6) is 5.75 Å². The number of methoxy groups -OCH3 is 1. The van der Waals surface area contributed by atoms with E-state index in [4.69, 9.17) is 9.47 Å². The highest BCUT2D eigenvalue weighted by Crippen LogP contribution is 2.21. The molecule has 0 saturated carbocycles. The van der Waals surface area contributed by atoms with E-state index in [0.717, 1.165) is 16.9 Å². The zero-order valence-corrected chi connectivity index (χ0v) is 19.8. The van der Waals surface area contributed by atoms with Crippen LogP contribution in [-0.4, -0.2) is 37.8 Å². The van der Waals surface area contributed by atoms with Crippen LogP contribution in [0.3, 0.4) is 0 Å². The molecule has 9 heteroatoms. The normalized spacial score (nSPS) is 10.8. The van der Waals surface area contributed by atoms with Crippen LogP contribution in [0, 0.1) is 17.0 Å². The van der Waals surface area contributed by atoms with Gasteiger partial charge in [0.1, 0.15) is 12.4 Å². The van der Waals surface area contributed by atoms with E-state index in [1.807, 2.05) is 32.0 Å². The van der Waals surface area contributed by atoms with E-state index < -0.39 is 0 Å². The number of halogens is 1. The topological polar surface area (TPSA) is 98.0 Å². The fourth-order valence-corrected chi connectivity index (χ4v) is 2.69. The second-order valence-corrected chi connectivity index (χ2v) is 6.39. The number of hydrogen-bond acceptors (Lipinski definition) is 5. The van der Waals surface area contributed by atoms with Gasteiger partial charge in [0, 0.05) is 37.4 Å². The number of hydrogen-bond donors (Lipinski definition) is 2. The summed E-state index contributed by atoms with van der Waals surface area (Å²) in [4.78, 5) is 15.4. The average molecular weight is 528 g/mol. The van der Waals surface area contributed by atoms with Gasteiger partial charge in [-0.2, -0.15) is 0 Å². The predicted molar refractivity (Wildman–Crippen MR) is 129 cm³/mol. The van der Waals surface area contributed by atoms with Gasteiger partial charge in [-0.05, 0) is 25.5 Å². The van der Waals surface area contributed by atoms with Crippen molar-refractivity contribution in [3.05, 3.63) is 69.3 Å². The molecule has 0 unspecified atom stereocenters. The number of guanidine groups is 1. The van der Waals surface area contributed by atoms with Crippen LogP contribution in [0.1, 0.15) is 23.6 Å². The second-order valence-electron chi connectivity index (χ2n) is 6.39. The molecule has 2 rings (SSSR count). The molecule has 2 aromatic carbocycles. The maximum atomic E-state index is 11.2. The van der Waals surface area contributed by atoms with Gasteiger partial charge >= 0.3 is 0 Å². The van der Waals surface area contributed by atoms with E-state index >= 15 is 0 Å². The third-order valence-corrected chi connectivity index (χ3v) is 4.15. The van der Waals surface area contributed by atoms with Crippen molar-refractivity contribution in [3.63, 3.8) is 0 Å². The van der Waals surface area contributed by atoms with Gasteiger partial charge in [0.25, 0.3) is 5.69 Å². The minimum absolute atomic E-state index is 0. The highest BCUT2D eigenvalue weighted by atomic mass is 127. The van der Waals surface area contributed by atoms with E-state index in [-0.39, 0.29) is 34.6 Å². The van der Waals surface area contributed by atoms with Crippen molar-refractivity contribution in [2.24, 2.45) is 4.99 Å². The number of aliphatic imine (C=N–C) groups is 1. The highest BCUT2D eigenvalue weighted by Gasteiger charge is 2.12. The summed E-state index contributed by atoms with van der Waals surface area (Å²) in [6.45, 7) is 6.34. The molecule has 0 fully saturated rings. The van der Waals surface area contributed by atoms with E-state index in [2.05, 4.69) is 15.6 Å². The molecule has 0 saturated heterocycles. The molecule has 30 heavy (non-hydrogen) atoms. The van der Waals surface area contributed by atoms with Crippen LogP contribution in [0.25, 0.3) is 0 Å². The van der Waals surface area contributed by atoms with Crippen LogP contribution >= 0.6 is 24.0 Å². The molecule has 0 bridgehead atoms. The van der Waals surface area contributed by atoms with Crippen LogP contribution in [0.15, 0.2) is 47.5 Å². The van der Waals surface area contributed by atoms with Crippen molar-refractivity contribution in [1.82, 2.24) is 10.6 Å². The smallest absolute Gasteiger partial charge is 0.274 e. The highest BCUT2D eigenvalue weighted by molar-refractivity contribution is 14.0. The van der Waals surface area contributed by atoms with Crippen molar-refractivity contribution >= 4 is 35.6 Å². The Morgan fingerprint density at radius 2 is 1.90 bits per heavy atom. The zero-order chi connectivity index (χ0) is 21.1. The molecule has 0 spiro atoms. The molecule has 0 aliphatic carbocycles. The molecular weight excluding hydrogens is 499 g/mol. The van der Waals surface area contributed by atoms with Crippen molar-refractivity contribution in [1.29, 1.82) is 0 Å². The monoisotopic (exact) mass is 528 g/mol. The standard InChI is InChI=1S/C21H28N4O4.HI/c1-4-22-21(23-14-17-7-5-6-8-19(17)25(26)27)24-15-18-10-9-16(2)13-20(18)29-12-11-28-3;/h5-10,13H,4,11-12,14-15H2,1-3H3,(H2,22,23,24);1H. The zero-order valence-electron chi connectivity index (χ0n) is 17.5. The number of ether oxygens (including phenoxy) is 2. The van der Waals surface area contributed by atoms with Crippen LogP contribution in [-0.2, 0) is 17.8 Å². The largest absolute Gasteiger partial charge is 0.491 e. The Bertz CT molecular complexity index is 846. The number of nitrogens with zero attached hydrogens (tertiary/aromatic N) is 2. The minimum atomic E-state index is -0.378. The Morgan fingerprint density at radius 3 is 2.60 bits per heavy atom. The van der Waals surface area contributed by atoms with Gasteiger partial charge in [-0.25, -0.2) is 4.99 Å². The number of rotatable bonds is 10. The lowest BCUT2D eigenvalue weighted by atomic mass is 10.1. The first-order valence-corrected chi connectivity index (χ1v) is 9.51. The quantitative estimate of drug-likeness (QED) is 0.122. The van der Waals surface area contributed by atoms with E-state index in [0.29, 0.717) is 44.4 Å². The van der Waals surface area contributed by atoms with Crippen molar-refractivity contribution in [2.45, 2.75) is 26.9 Å². The molecule has 2 aromatic rings. The molecule has 0 aliphatic rings. The van der Waals surface area contributed by atoms with Gasteiger partial charge < -0.3 is 20.1 Å². The van der Waals surface area contributed by atoms with Crippen molar-refractivity contribution in [3.8, 4) is 5.75 Å². The third-order valence-electron chi connectivity index (χ3n) is 4.15. The Kier molecular flexibility index (Phi) is 11.8. The molecule has 0 aromatic heterocycles. The van der Waals surface area contributed by atoms with Gasteiger partial charge in [0.15, 0.2) is 5.96 Å². The fraction of sp³-hybridized carbons (Fsp3) is 0.381. The molecule has 0 amide bonds. The van der Waals surface area contributed by atoms with E-state index in [1.54, 1.807) is 25.3 Å². The van der Waals surface area contributed by atoms with Crippen LogP contribution in [0.2, 0.25) is 0 Å². The van der Waals surface area contributed by atoms with E-state index in [9.17, 15) is 10.1 Å². The summed E-state index contributed by atoms with van der Waals surface area (Å²) in [7, 11) is 1.64. The summed E-state index contributed by atoms with van der Waals surface area (Å²) in [5.41, 5.74) is 2.74. The molecule has 0 radical (unpaired) electrons. The number of nitro benzene ring substituents is 1. The number of aryl methyl sites for hydroxylation is 1. The van der Waals surface area contributed by atoms with Gasteiger partial charge in [0.2, 0.25) is 0 Å². The first-order chi connectivity index (χ1) is 14.0.